The summed E-state index contributed by atoms with van der Waals surface area (Å²) in [4.78, 5) is 2.48. The number of rotatable bonds is 6. The van der Waals surface area contributed by atoms with E-state index in [2.05, 4.69) is 43.2 Å². The Morgan fingerprint density at radius 2 is 2.10 bits per heavy atom. The predicted molar refractivity (Wildman–Crippen MR) is 89.0 cm³/mol. The summed E-state index contributed by atoms with van der Waals surface area (Å²) in [6, 6.07) is 8.84. The van der Waals surface area contributed by atoms with E-state index in [4.69, 9.17) is 4.74 Å². The molecule has 2 unspecified atom stereocenters. The maximum atomic E-state index is 5.46. The minimum atomic E-state index is 0.266. The van der Waals surface area contributed by atoms with Crippen molar-refractivity contribution in [3.05, 3.63) is 29.8 Å². The van der Waals surface area contributed by atoms with Gasteiger partial charge in [-0.2, -0.15) is 0 Å². The highest BCUT2D eigenvalue weighted by Crippen LogP contribution is 2.23. The van der Waals surface area contributed by atoms with Gasteiger partial charge in [-0.1, -0.05) is 24.6 Å². The van der Waals surface area contributed by atoms with Crippen molar-refractivity contribution in [2.75, 3.05) is 27.2 Å². The fourth-order valence-corrected chi connectivity index (χ4v) is 3.31. The zero-order valence-electron chi connectivity index (χ0n) is 14.0. The minimum Gasteiger partial charge on any atom is -0.496 e. The van der Waals surface area contributed by atoms with Gasteiger partial charge in [0.2, 0.25) is 0 Å². The number of hydrogen-bond acceptors (Lipinski definition) is 3. The van der Waals surface area contributed by atoms with Crippen LogP contribution in [-0.2, 0) is 6.42 Å². The van der Waals surface area contributed by atoms with Crippen LogP contribution in [0.1, 0.15) is 38.7 Å². The van der Waals surface area contributed by atoms with Crippen molar-refractivity contribution in [3.63, 3.8) is 0 Å². The van der Waals surface area contributed by atoms with Gasteiger partial charge in [-0.05, 0) is 58.3 Å². The second-order valence-corrected chi connectivity index (χ2v) is 6.72. The van der Waals surface area contributed by atoms with E-state index in [1.807, 2.05) is 12.1 Å². The first-order valence-electron chi connectivity index (χ1n) is 8.11. The molecule has 0 aromatic heterocycles. The van der Waals surface area contributed by atoms with Crippen LogP contribution in [0, 0.1) is 0 Å². The molecular formula is C18H30N2O. The molecule has 1 aliphatic rings. The summed E-state index contributed by atoms with van der Waals surface area (Å²) in [7, 11) is 3.99. The molecule has 3 heteroatoms. The van der Waals surface area contributed by atoms with Crippen LogP contribution in [0.5, 0.6) is 5.75 Å². The van der Waals surface area contributed by atoms with Gasteiger partial charge in [0.25, 0.3) is 0 Å². The standard InChI is InChI=1S/C18H30N2O/c1-15(13-16-9-5-6-10-17(16)21-4)20(3)14-18(2)11-7-8-12-19-18/h5-6,9-10,15,19H,7-8,11-14H2,1-4H3. The number of likely N-dealkylation sites (N-methyl/N-ethyl adjacent to an activating group) is 1. The van der Waals surface area contributed by atoms with E-state index >= 15 is 0 Å². The second kappa shape index (κ2) is 7.28. The van der Waals surface area contributed by atoms with Crippen LogP contribution in [0.25, 0.3) is 0 Å². The molecule has 1 saturated heterocycles. The Kier molecular flexibility index (Phi) is 5.65. The van der Waals surface area contributed by atoms with Gasteiger partial charge in [0.1, 0.15) is 5.75 Å². The number of piperidine rings is 1. The van der Waals surface area contributed by atoms with Gasteiger partial charge in [-0.25, -0.2) is 0 Å². The van der Waals surface area contributed by atoms with Crippen molar-refractivity contribution < 1.29 is 4.74 Å². The highest BCUT2D eigenvalue weighted by Gasteiger charge is 2.28. The van der Waals surface area contributed by atoms with Gasteiger partial charge in [0.15, 0.2) is 0 Å². The molecule has 1 N–H and O–H groups in total. The van der Waals surface area contributed by atoms with E-state index in [1.165, 1.54) is 24.8 Å². The summed E-state index contributed by atoms with van der Waals surface area (Å²) in [6.07, 6.45) is 4.96. The van der Waals surface area contributed by atoms with E-state index in [9.17, 15) is 0 Å². The first-order valence-corrected chi connectivity index (χ1v) is 8.11. The summed E-state index contributed by atoms with van der Waals surface area (Å²) in [5, 5.41) is 3.70. The lowest BCUT2D eigenvalue weighted by Crippen LogP contribution is -2.54. The van der Waals surface area contributed by atoms with Crippen LogP contribution < -0.4 is 10.1 Å². The van der Waals surface area contributed by atoms with E-state index in [-0.39, 0.29) is 5.54 Å². The van der Waals surface area contributed by atoms with Crippen molar-refractivity contribution in [2.24, 2.45) is 0 Å². The van der Waals surface area contributed by atoms with Crippen molar-refractivity contribution in [2.45, 2.75) is 51.1 Å². The van der Waals surface area contributed by atoms with Gasteiger partial charge in [-0.15, -0.1) is 0 Å². The summed E-state index contributed by atoms with van der Waals surface area (Å²) >= 11 is 0. The Morgan fingerprint density at radius 3 is 2.76 bits per heavy atom. The molecule has 1 fully saturated rings. The molecule has 1 aromatic carbocycles. The normalized spacial score (nSPS) is 24.0. The number of nitrogens with zero attached hydrogens (tertiary/aromatic N) is 1. The SMILES string of the molecule is COc1ccccc1CC(C)N(C)CC1(C)CCCCN1. The number of ether oxygens (including phenoxy) is 1. The molecule has 118 valence electrons. The molecule has 0 amide bonds. The Balaban J connectivity index is 1.94. The van der Waals surface area contributed by atoms with Gasteiger partial charge >= 0.3 is 0 Å². The van der Waals surface area contributed by atoms with E-state index in [0.717, 1.165) is 25.3 Å². The van der Waals surface area contributed by atoms with Crippen molar-refractivity contribution in [1.82, 2.24) is 10.2 Å². The summed E-state index contributed by atoms with van der Waals surface area (Å²) < 4.78 is 5.46. The first kappa shape index (κ1) is 16.3. The highest BCUT2D eigenvalue weighted by molar-refractivity contribution is 5.33. The number of methoxy groups -OCH3 is 1. The van der Waals surface area contributed by atoms with Crippen LogP contribution in [0.15, 0.2) is 24.3 Å². The largest absolute Gasteiger partial charge is 0.496 e. The van der Waals surface area contributed by atoms with Crippen LogP contribution in [0.3, 0.4) is 0 Å². The van der Waals surface area contributed by atoms with Crippen LogP contribution >= 0.6 is 0 Å². The Labute approximate surface area is 129 Å². The van der Waals surface area contributed by atoms with Gasteiger partial charge in [0.05, 0.1) is 7.11 Å². The Bertz CT molecular complexity index is 441. The van der Waals surface area contributed by atoms with E-state index in [0.29, 0.717) is 6.04 Å². The third kappa shape index (κ3) is 4.45. The predicted octanol–water partition coefficient (Wildman–Crippen LogP) is 3.09. The zero-order valence-corrected chi connectivity index (χ0v) is 14.0. The summed E-state index contributed by atoms with van der Waals surface area (Å²) in [6.45, 7) is 6.92. The number of para-hydroxylation sites is 1. The fraction of sp³-hybridized carbons (Fsp3) is 0.667. The van der Waals surface area contributed by atoms with Crippen LogP contribution in [0.2, 0.25) is 0 Å². The van der Waals surface area contributed by atoms with Gasteiger partial charge in [-0.3, -0.25) is 0 Å². The molecular weight excluding hydrogens is 260 g/mol. The monoisotopic (exact) mass is 290 g/mol. The molecule has 2 rings (SSSR count). The van der Waals surface area contributed by atoms with E-state index in [1.54, 1.807) is 7.11 Å². The van der Waals surface area contributed by atoms with Crippen molar-refractivity contribution >= 4 is 0 Å². The average Bonchev–Trinajstić information content (AvgIpc) is 2.48. The maximum absolute atomic E-state index is 5.46. The average molecular weight is 290 g/mol. The fourth-order valence-electron chi connectivity index (χ4n) is 3.31. The first-order chi connectivity index (χ1) is 10.0. The molecule has 21 heavy (non-hydrogen) atoms. The Hall–Kier alpha value is -1.06. The van der Waals surface area contributed by atoms with Crippen LogP contribution in [0.4, 0.5) is 0 Å². The molecule has 0 aliphatic carbocycles. The second-order valence-electron chi connectivity index (χ2n) is 6.72. The van der Waals surface area contributed by atoms with Crippen LogP contribution in [-0.4, -0.2) is 43.7 Å². The van der Waals surface area contributed by atoms with Gasteiger partial charge in [0, 0.05) is 18.1 Å². The van der Waals surface area contributed by atoms with Gasteiger partial charge < -0.3 is 15.0 Å². The highest BCUT2D eigenvalue weighted by atomic mass is 16.5. The molecule has 2 atom stereocenters. The Morgan fingerprint density at radius 1 is 1.33 bits per heavy atom. The van der Waals surface area contributed by atoms with Crippen molar-refractivity contribution in [1.29, 1.82) is 0 Å². The molecule has 1 aliphatic heterocycles. The molecule has 1 aromatic rings. The maximum Gasteiger partial charge on any atom is 0.122 e. The lowest BCUT2D eigenvalue weighted by molar-refractivity contribution is 0.155. The topological polar surface area (TPSA) is 24.5 Å². The molecule has 0 saturated carbocycles. The van der Waals surface area contributed by atoms with Crippen molar-refractivity contribution in [3.8, 4) is 5.75 Å². The molecule has 0 spiro atoms. The number of benzene rings is 1. The molecule has 0 radical (unpaired) electrons. The summed E-state index contributed by atoms with van der Waals surface area (Å²) in [5.74, 6) is 1.000. The summed E-state index contributed by atoms with van der Waals surface area (Å²) in [5.41, 5.74) is 1.56. The zero-order chi connectivity index (χ0) is 15.3. The molecule has 3 nitrogen and oxygen atoms in total. The lowest BCUT2D eigenvalue weighted by Gasteiger charge is -2.40. The quantitative estimate of drug-likeness (QED) is 0.871. The lowest BCUT2D eigenvalue weighted by atomic mass is 9.90. The smallest absolute Gasteiger partial charge is 0.122 e. The number of hydrogen-bond donors (Lipinski definition) is 1. The number of nitrogens with one attached hydrogen (secondary N) is 1. The third-order valence-corrected chi connectivity index (χ3v) is 4.77. The molecule has 0 bridgehead atoms. The molecule has 1 heterocycles. The third-order valence-electron chi connectivity index (χ3n) is 4.77. The van der Waals surface area contributed by atoms with E-state index < -0.39 is 0 Å². The minimum absolute atomic E-state index is 0.266.